The van der Waals surface area contributed by atoms with Gasteiger partial charge in [-0.25, -0.2) is 4.39 Å². The Morgan fingerprint density at radius 1 is 1.15 bits per heavy atom. The summed E-state index contributed by atoms with van der Waals surface area (Å²) in [5.74, 6) is 0.0224. The summed E-state index contributed by atoms with van der Waals surface area (Å²) >= 11 is 0. The van der Waals surface area contributed by atoms with E-state index in [4.69, 9.17) is 0 Å². The molecule has 3 rings (SSSR count). The van der Waals surface area contributed by atoms with Crippen molar-refractivity contribution in [2.45, 2.75) is 44.2 Å². The van der Waals surface area contributed by atoms with Gasteiger partial charge >= 0.3 is 0 Å². The van der Waals surface area contributed by atoms with Gasteiger partial charge in [0.2, 0.25) is 5.91 Å². The van der Waals surface area contributed by atoms with E-state index < -0.39 is 0 Å². The van der Waals surface area contributed by atoms with Crippen molar-refractivity contribution >= 4 is 5.91 Å². The molecule has 1 spiro atoms. The van der Waals surface area contributed by atoms with E-state index in [0.717, 1.165) is 50.9 Å². The van der Waals surface area contributed by atoms with E-state index in [1.165, 1.54) is 12.1 Å². The second-order valence-corrected chi connectivity index (χ2v) is 6.08. The van der Waals surface area contributed by atoms with Crippen LogP contribution in [-0.4, -0.2) is 29.4 Å². The molecule has 2 aliphatic rings. The van der Waals surface area contributed by atoms with Crippen molar-refractivity contribution in [2.75, 3.05) is 13.1 Å². The second kappa shape index (κ2) is 5.52. The molecule has 2 saturated heterocycles. The van der Waals surface area contributed by atoms with Crippen LogP contribution in [0.15, 0.2) is 24.3 Å². The van der Waals surface area contributed by atoms with Crippen LogP contribution >= 0.6 is 0 Å². The fourth-order valence-corrected chi connectivity index (χ4v) is 3.40. The van der Waals surface area contributed by atoms with Gasteiger partial charge in [0.1, 0.15) is 5.82 Å². The van der Waals surface area contributed by atoms with E-state index in [0.29, 0.717) is 6.42 Å². The highest BCUT2D eigenvalue weighted by Crippen LogP contribution is 2.31. The predicted octanol–water partition coefficient (Wildman–Crippen LogP) is 2.46. The standard InChI is InChI=1S/C16H21FN2O/c17-14-4-2-13(3-5-14)12-19-10-1-7-16(9-11-19)8-6-15(20)18-16/h2-5H,1,6-12H2,(H,18,20)/t16-/m1/s1. The normalized spacial score (nSPS) is 27.6. The Kier molecular flexibility index (Phi) is 3.74. The fourth-order valence-electron chi connectivity index (χ4n) is 3.40. The van der Waals surface area contributed by atoms with Crippen LogP contribution in [0.2, 0.25) is 0 Å². The molecule has 0 aromatic heterocycles. The SMILES string of the molecule is O=C1CC[C@@]2(CCCN(Cc3ccc(F)cc3)CC2)N1. The summed E-state index contributed by atoms with van der Waals surface area (Å²) in [7, 11) is 0. The van der Waals surface area contributed by atoms with Crippen LogP contribution in [-0.2, 0) is 11.3 Å². The highest BCUT2D eigenvalue weighted by atomic mass is 19.1. The topological polar surface area (TPSA) is 32.3 Å². The van der Waals surface area contributed by atoms with Gasteiger partial charge in [-0.3, -0.25) is 9.69 Å². The molecule has 1 N–H and O–H groups in total. The molecule has 1 aromatic carbocycles. The molecule has 1 atom stereocenters. The third-order valence-corrected chi connectivity index (χ3v) is 4.59. The highest BCUT2D eigenvalue weighted by Gasteiger charge is 2.38. The highest BCUT2D eigenvalue weighted by molar-refractivity contribution is 5.79. The monoisotopic (exact) mass is 276 g/mol. The van der Waals surface area contributed by atoms with Crippen LogP contribution in [0.4, 0.5) is 4.39 Å². The van der Waals surface area contributed by atoms with Crippen LogP contribution in [0.1, 0.15) is 37.7 Å². The zero-order valence-corrected chi connectivity index (χ0v) is 11.7. The maximum atomic E-state index is 12.9. The Balaban J connectivity index is 1.60. The molecule has 1 aromatic rings. The van der Waals surface area contributed by atoms with Gasteiger partial charge in [0.25, 0.3) is 0 Å². The molecule has 2 heterocycles. The van der Waals surface area contributed by atoms with Crippen molar-refractivity contribution in [1.29, 1.82) is 0 Å². The van der Waals surface area contributed by atoms with Crippen molar-refractivity contribution in [1.82, 2.24) is 10.2 Å². The molecule has 2 fully saturated rings. The average Bonchev–Trinajstić information content (AvgIpc) is 2.68. The van der Waals surface area contributed by atoms with Gasteiger partial charge in [0, 0.05) is 25.0 Å². The lowest BCUT2D eigenvalue weighted by atomic mass is 9.89. The lowest BCUT2D eigenvalue weighted by molar-refractivity contribution is -0.119. The second-order valence-electron chi connectivity index (χ2n) is 6.08. The Morgan fingerprint density at radius 3 is 2.65 bits per heavy atom. The molecular weight excluding hydrogens is 255 g/mol. The first-order valence-corrected chi connectivity index (χ1v) is 7.43. The summed E-state index contributed by atoms with van der Waals surface area (Å²) in [5.41, 5.74) is 1.20. The first-order chi connectivity index (χ1) is 9.65. The van der Waals surface area contributed by atoms with Gasteiger partial charge < -0.3 is 5.32 Å². The van der Waals surface area contributed by atoms with E-state index in [9.17, 15) is 9.18 Å². The molecule has 0 bridgehead atoms. The lowest BCUT2D eigenvalue weighted by Gasteiger charge is -2.27. The predicted molar refractivity (Wildman–Crippen MR) is 75.6 cm³/mol. The van der Waals surface area contributed by atoms with Crippen LogP contribution < -0.4 is 5.32 Å². The molecule has 2 aliphatic heterocycles. The molecule has 0 radical (unpaired) electrons. The van der Waals surface area contributed by atoms with Gasteiger partial charge in [-0.1, -0.05) is 12.1 Å². The van der Waals surface area contributed by atoms with E-state index in [-0.39, 0.29) is 17.3 Å². The van der Waals surface area contributed by atoms with Crippen molar-refractivity contribution in [2.24, 2.45) is 0 Å². The molecule has 4 heteroatoms. The Hall–Kier alpha value is -1.42. The summed E-state index contributed by atoms with van der Waals surface area (Å²) in [6.45, 7) is 2.91. The number of nitrogens with one attached hydrogen (secondary N) is 1. The lowest BCUT2D eigenvalue weighted by Crippen LogP contribution is -2.42. The van der Waals surface area contributed by atoms with E-state index in [2.05, 4.69) is 10.2 Å². The first kappa shape index (κ1) is 13.6. The Morgan fingerprint density at radius 2 is 1.95 bits per heavy atom. The van der Waals surface area contributed by atoms with Gasteiger partial charge in [0.15, 0.2) is 0 Å². The molecular formula is C16H21FN2O. The van der Waals surface area contributed by atoms with Crippen LogP contribution in [0.5, 0.6) is 0 Å². The van der Waals surface area contributed by atoms with Crippen LogP contribution in [0.25, 0.3) is 0 Å². The number of hydrogen-bond acceptors (Lipinski definition) is 2. The number of halogens is 1. The minimum Gasteiger partial charge on any atom is -0.351 e. The summed E-state index contributed by atoms with van der Waals surface area (Å²) < 4.78 is 12.9. The molecule has 1 amide bonds. The van der Waals surface area contributed by atoms with Gasteiger partial charge in [0.05, 0.1) is 0 Å². The maximum Gasteiger partial charge on any atom is 0.220 e. The third-order valence-electron chi connectivity index (χ3n) is 4.59. The number of rotatable bonds is 2. The van der Waals surface area contributed by atoms with Gasteiger partial charge in [-0.15, -0.1) is 0 Å². The largest absolute Gasteiger partial charge is 0.351 e. The molecule has 108 valence electrons. The number of hydrogen-bond donors (Lipinski definition) is 1. The Labute approximate surface area is 119 Å². The summed E-state index contributed by atoms with van der Waals surface area (Å²) in [6.07, 6.45) is 4.88. The molecule has 0 aliphatic carbocycles. The molecule has 20 heavy (non-hydrogen) atoms. The summed E-state index contributed by atoms with van der Waals surface area (Å²) in [4.78, 5) is 13.9. The van der Waals surface area contributed by atoms with Crippen LogP contribution in [0.3, 0.4) is 0 Å². The molecule has 3 nitrogen and oxygen atoms in total. The number of amides is 1. The van der Waals surface area contributed by atoms with E-state index in [1.54, 1.807) is 0 Å². The minimum absolute atomic E-state index is 0.0502. The number of benzene rings is 1. The number of nitrogens with zero attached hydrogens (tertiary/aromatic N) is 1. The van der Waals surface area contributed by atoms with Crippen molar-refractivity contribution < 1.29 is 9.18 Å². The molecule has 0 saturated carbocycles. The average molecular weight is 276 g/mol. The zero-order valence-electron chi connectivity index (χ0n) is 11.7. The summed E-state index contributed by atoms with van der Waals surface area (Å²) in [6, 6.07) is 6.75. The first-order valence-electron chi connectivity index (χ1n) is 7.43. The van der Waals surface area contributed by atoms with Crippen molar-refractivity contribution in [3.63, 3.8) is 0 Å². The number of carbonyl (C=O) groups is 1. The number of likely N-dealkylation sites (tertiary alicyclic amines) is 1. The zero-order chi connectivity index (χ0) is 14.0. The molecule has 0 unspecified atom stereocenters. The number of carbonyl (C=O) groups excluding carboxylic acids is 1. The van der Waals surface area contributed by atoms with Crippen molar-refractivity contribution in [3.8, 4) is 0 Å². The summed E-state index contributed by atoms with van der Waals surface area (Å²) in [5, 5.41) is 3.19. The van der Waals surface area contributed by atoms with Gasteiger partial charge in [-0.05, 0) is 49.9 Å². The quantitative estimate of drug-likeness (QED) is 0.900. The third kappa shape index (κ3) is 3.01. The van der Waals surface area contributed by atoms with E-state index >= 15 is 0 Å². The smallest absolute Gasteiger partial charge is 0.220 e. The fraction of sp³-hybridized carbons (Fsp3) is 0.562. The van der Waals surface area contributed by atoms with E-state index in [1.807, 2.05) is 12.1 Å². The maximum absolute atomic E-state index is 12.9. The van der Waals surface area contributed by atoms with Crippen molar-refractivity contribution in [3.05, 3.63) is 35.6 Å². The Bertz CT molecular complexity index is 488. The van der Waals surface area contributed by atoms with Gasteiger partial charge in [-0.2, -0.15) is 0 Å². The van der Waals surface area contributed by atoms with Crippen LogP contribution in [0, 0.1) is 5.82 Å². The minimum atomic E-state index is -0.183.